The van der Waals surface area contributed by atoms with Crippen molar-refractivity contribution in [2.24, 2.45) is 5.92 Å². The zero-order chi connectivity index (χ0) is 15.2. The van der Waals surface area contributed by atoms with Crippen molar-refractivity contribution in [2.75, 3.05) is 19.6 Å². The van der Waals surface area contributed by atoms with Crippen LogP contribution in [0.1, 0.15) is 24.0 Å². The van der Waals surface area contributed by atoms with Crippen LogP contribution in [-0.2, 0) is 5.60 Å². The van der Waals surface area contributed by atoms with Gasteiger partial charge in [-0.05, 0) is 61.5 Å². The number of hydrogen-bond donors (Lipinski definition) is 1. The number of benzene rings is 1. The Bertz CT molecular complexity index is 674. The van der Waals surface area contributed by atoms with Crippen LogP contribution in [0.2, 0.25) is 0 Å². The van der Waals surface area contributed by atoms with Crippen LogP contribution in [0.4, 0.5) is 0 Å². The van der Waals surface area contributed by atoms with E-state index in [0.29, 0.717) is 5.92 Å². The highest BCUT2D eigenvalue weighted by Crippen LogP contribution is 2.42. The molecule has 0 amide bonds. The lowest BCUT2D eigenvalue weighted by Gasteiger charge is -2.50. The summed E-state index contributed by atoms with van der Waals surface area (Å²) in [7, 11) is 0. The molecule has 5 rings (SSSR count). The smallest absolute Gasteiger partial charge is 0.105 e. The van der Waals surface area contributed by atoms with E-state index >= 15 is 0 Å². The molecule has 1 unspecified atom stereocenters. The van der Waals surface area contributed by atoms with Gasteiger partial charge in [-0.2, -0.15) is 0 Å². The summed E-state index contributed by atoms with van der Waals surface area (Å²) in [5, 5.41) is 11.2. The molecule has 3 fully saturated rings. The van der Waals surface area contributed by atoms with Crippen molar-refractivity contribution in [3.8, 4) is 11.1 Å². The lowest BCUT2D eigenvalue weighted by Crippen LogP contribution is -2.57. The molecule has 3 saturated heterocycles. The zero-order valence-corrected chi connectivity index (χ0v) is 13.0. The van der Waals surface area contributed by atoms with Crippen LogP contribution in [0, 0.1) is 12.8 Å². The average Bonchev–Trinajstić information content (AvgIpc) is 2.56. The Morgan fingerprint density at radius 2 is 1.86 bits per heavy atom. The number of rotatable bonds is 2. The molecule has 0 spiro atoms. The van der Waals surface area contributed by atoms with Crippen LogP contribution in [-0.4, -0.2) is 34.6 Å². The van der Waals surface area contributed by atoms with Gasteiger partial charge in [0.05, 0.1) is 0 Å². The molecule has 3 aliphatic heterocycles. The molecule has 0 saturated carbocycles. The molecular weight excluding hydrogens is 272 g/mol. The molecule has 4 heterocycles. The number of aliphatic hydroxyl groups is 1. The molecule has 3 nitrogen and oxygen atoms in total. The first kappa shape index (κ1) is 13.9. The number of fused-ring (bicyclic) bond motifs is 3. The van der Waals surface area contributed by atoms with E-state index < -0.39 is 5.60 Å². The molecule has 3 heteroatoms. The molecule has 1 N–H and O–H groups in total. The number of hydrogen-bond acceptors (Lipinski definition) is 3. The molecule has 1 atom stereocenters. The Hall–Kier alpha value is -1.71. The van der Waals surface area contributed by atoms with Crippen molar-refractivity contribution in [1.82, 2.24) is 9.88 Å². The first-order valence-electron chi connectivity index (χ1n) is 8.13. The second kappa shape index (κ2) is 5.18. The highest BCUT2D eigenvalue weighted by Gasteiger charge is 2.46. The summed E-state index contributed by atoms with van der Waals surface area (Å²) < 4.78 is 0. The monoisotopic (exact) mass is 294 g/mol. The minimum absolute atomic E-state index is 0.406. The predicted octanol–water partition coefficient (Wildman–Crippen LogP) is 2.97. The van der Waals surface area contributed by atoms with E-state index in [1.807, 2.05) is 18.5 Å². The van der Waals surface area contributed by atoms with E-state index in [1.54, 1.807) is 0 Å². The van der Waals surface area contributed by atoms with Gasteiger partial charge in [-0.3, -0.25) is 4.98 Å². The van der Waals surface area contributed by atoms with Gasteiger partial charge in [-0.25, -0.2) is 0 Å². The molecule has 0 aliphatic carbocycles. The van der Waals surface area contributed by atoms with Gasteiger partial charge in [0.2, 0.25) is 0 Å². The molecule has 1 aromatic heterocycles. The second-order valence-electron chi connectivity index (χ2n) is 6.74. The summed E-state index contributed by atoms with van der Waals surface area (Å²) in [4.78, 5) is 6.61. The summed E-state index contributed by atoms with van der Waals surface area (Å²) in [6, 6.07) is 10.5. The maximum absolute atomic E-state index is 11.2. The van der Waals surface area contributed by atoms with E-state index in [4.69, 9.17) is 0 Å². The molecule has 2 bridgehead atoms. The second-order valence-corrected chi connectivity index (χ2v) is 6.74. The standard InChI is InChI=1S/C19H22N2O/c1-14-6-9-20-12-18(14)15-2-4-16(5-3-15)19(22)13-21-10-7-17(19)8-11-21/h2-6,9,12,17,22H,7-8,10-11,13H2,1H3. The Morgan fingerprint density at radius 1 is 1.14 bits per heavy atom. The Labute approximate surface area is 131 Å². The summed E-state index contributed by atoms with van der Waals surface area (Å²) >= 11 is 0. The molecule has 114 valence electrons. The van der Waals surface area contributed by atoms with Crippen LogP contribution in [0.25, 0.3) is 11.1 Å². The van der Waals surface area contributed by atoms with Gasteiger partial charge in [-0.1, -0.05) is 24.3 Å². The number of aromatic nitrogens is 1. The molecule has 1 aromatic carbocycles. The maximum atomic E-state index is 11.2. The summed E-state index contributed by atoms with van der Waals surface area (Å²) in [6.45, 7) is 5.16. The van der Waals surface area contributed by atoms with Gasteiger partial charge in [-0.15, -0.1) is 0 Å². The third kappa shape index (κ3) is 2.16. The van der Waals surface area contributed by atoms with Crippen molar-refractivity contribution in [3.63, 3.8) is 0 Å². The van der Waals surface area contributed by atoms with Crippen LogP contribution >= 0.6 is 0 Å². The Balaban J connectivity index is 1.66. The fraction of sp³-hybridized carbons (Fsp3) is 0.421. The van der Waals surface area contributed by atoms with E-state index in [-0.39, 0.29) is 0 Å². The third-order valence-corrected chi connectivity index (χ3v) is 5.46. The predicted molar refractivity (Wildman–Crippen MR) is 87.5 cm³/mol. The van der Waals surface area contributed by atoms with Crippen molar-refractivity contribution >= 4 is 0 Å². The fourth-order valence-corrected chi connectivity index (χ4v) is 4.07. The van der Waals surface area contributed by atoms with Gasteiger partial charge >= 0.3 is 0 Å². The Morgan fingerprint density at radius 3 is 2.45 bits per heavy atom. The first-order valence-corrected chi connectivity index (χ1v) is 8.13. The topological polar surface area (TPSA) is 36.4 Å². The summed E-state index contributed by atoms with van der Waals surface area (Å²) in [6.07, 6.45) is 5.95. The summed E-state index contributed by atoms with van der Waals surface area (Å²) in [5.74, 6) is 0.406. The number of nitrogens with zero attached hydrogens (tertiary/aromatic N) is 2. The normalized spacial score (nSPS) is 30.5. The highest BCUT2D eigenvalue weighted by atomic mass is 16.3. The van der Waals surface area contributed by atoms with Gasteiger partial charge in [0.1, 0.15) is 5.60 Å². The summed E-state index contributed by atoms with van der Waals surface area (Å²) in [5.41, 5.74) is 3.95. The highest BCUT2D eigenvalue weighted by molar-refractivity contribution is 5.66. The van der Waals surface area contributed by atoms with Crippen molar-refractivity contribution in [1.29, 1.82) is 0 Å². The van der Waals surface area contributed by atoms with E-state index in [2.05, 4.69) is 41.1 Å². The molecule has 22 heavy (non-hydrogen) atoms. The Kier molecular flexibility index (Phi) is 3.28. The van der Waals surface area contributed by atoms with Crippen LogP contribution in [0.15, 0.2) is 42.7 Å². The van der Waals surface area contributed by atoms with E-state index in [9.17, 15) is 5.11 Å². The lowest BCUT2D eigenvalue weighted by atomic mass is 9.71. The average molecular weight is 294 g/mol. The van der Waals surface area contributed by atoms with E-state index in [1.165, 1.54) is 11.1 Å². The lowest BCUT2D eigenvalue weighted by molar-refractivity contribution is -0.117. The van der Waals surface area contributed by atoms with Gasteiger partial charge in [0, 0.05) is 24.5 Å². The van der Waals surface area contributed by atoms with Crippen molar-refractivity contribution < 1.29 is 5.11 Å². The van der Waals surface area contributed by atoms with Crippen LogP contribution < -0.4 is 0 Å². The van der Waals surface area contributed by atoms with Crippen LogP contribution in [0.3, 0.4) is 0 Å². The minimum Gasteiger partial charge on any atom is -0.384 e. The largest absolute Gasteiger partial charge is 0.384 e. The quantitative estimate of drug-likeness (QED) is 0.925. The van der Waals surface area contributed by atoms with Crippen LogP contribution in [0.5, 0.6) is 0 Å². The first-order chi connectivity index (χ1) is 10.7. The molecular formula is C19H22N2O. The fourth-order valence-electron chi connectivity index (χ4n) is 4.07. The third-order valence-electron chi connectivity index (χ3n) is 5.46. The van der Waals surface area contributed by atoms with Gasteiger partial charge in [0.25, 0.3) is 0 Å². The SMILES string of the molecule is Cc1ccncc1-c1ccc(C2(O)CN3CCC2CC3)cc1. The number of piperidine rings is 3. The van der Waals surface area contributed by atoms with E-state index in [0.717, 1.165) is 43.6 Å². The minimum atomic E-state index is -0.668. The maximum Gasteiger partial charge on any atom is 0.105 e. The van der Waals surface area contributed by atoms with Gasteiger partial charge < -0.3 is 10.0 Å². The molecule has 2 aromatic rings. The number of pyridine rings is 1. The zero-order valence-electron chi connectivity index (χ0n) is 13.0. The van der Waals surface area contributed by atoms with Crippen molar-refractivity contribution in [3.05, 3.63) is 53.9 Å². The van der Waals surface area contributed by atoms with Crippen molar-refractivity contribution in [2.45, 2.75) is 25.4 Å². The molecule has 3 aliphatic rings. The molecule has 0 radical (unpaired) electrons. The van der Waals surface area contributed by atoms with Gasteiger partial charge in [0.15, 0.2) is 0 Å². The number of aryl methyl sites for hydroxylation is 1.